The first-order valence-corrected chi connectivity index (χ1v) is 24.3. The summed E-state index contributed by atoms with van der Waals surface area (Å²) in [5, 5.41) is 5.90. The van der Waals surface area contributed by atoms with Gasteiger partial charge in [0, 0.05) is 61.7 Å². The molecule has 71 heavy (non-hydrogen) atoms. The molecule has 0 spiro atoms. The van der Waals surface area contributed by atoms with Crippen molar-refractivity contribution in [1.82, 2.24) is 28.7 Å². The highest BCUT2D eigenvalue weighted by molar-refractivity contribution is 6.13. The van der Waals surface area contributed by atoms with Gasteiger partial charge in [0.2, 0.25) is 0 Å². The van der Waals surface area contributed by atoms with E-state index in [1.54, 1.807) is 0 Å². The normalized spacial score (nSPS) is 11.5. The number of aromatic nitrogens is 6. The third kappa shape index (κ3) is 6.99. The zero-order valence-corrected chi connectivity index (χ0v) is 39.3. The molecule has 0 amide bonds. The predicted molar refractivity (Wildman–Crippen MR) is 296 cm³/mol. The quantitative estimate of drug-likeness (QED) is 0.160. The predicted octanol–water partition coefficient (Wildman–Crippen LogP) is 16.9. The van der Waals surface area contributed by atoms with Crippen LogP contribution < -0.4 is 0 Å². The molecule has 8 aromatic carbocycles. The average molecular weight is 911 g/mol. The molecule has 14 aromatic rings. The number of fused-ring (bicyclic) bond motifs is 9. The van der Waals surface area contributed by atoms with Crippen molar-refractivity contribution in [3.8, 4) is 61.8 Å². The van der Waals surface area contributed by atoms with Crippen LogP contribution in [0.3, 0.4) is 0 Å². The fraction of sp³-hybridized carbons (Fsp3) is 0.0308. The van der Waals surface area contributed by atoms with Crippen molar-refractivity contribution < 1.29 is 0 Å². The fourth-order valence-electron chi connectivity index (χ4n) is 10.6. The molecule has 336 valence electrons. The highest BCUT2D eigenvalue weighted by Gasteiger charge is 2.19. The number of para-hydroxylation sites is 3. The molecule has 0 aliphatic carbocycles. The molecule has 14 rings (SSSR count). The molecule has 0 radical (unpaired) electrons. The molecule has 0 atom stereocenters. The van der Waals surface area contributed by atoms with Crippen LogP contribution in [0.15, 0.2) is 243 Å². The first-order valence-electron chi connectivity index (χ1n) is 24.3. The van der Waals surface area contributed by atoms with Gasteiger partial charge in [0.25, 0.3) is 0 Å². The molecule has 0 aliphatic rings. The second kappa shape index (κ2) is 17.3. The maximum Gasteiger partial charge on any atom is 0.0963 e. The van der Waals surface area contributed by atoms with Gasteiger partial charge >= 0.3 is 0 Å². The van der Waals surface area contributed by atoms with Crippen LogP contribution >= 0.6 is 0 Å². The van der Waals surface area contributed by atoms with Gasteiger partial charge in [-0.3, -0.25) is 9.97 Å². The second-order valence-electron chi connectivity index (χ2n) is 17.7. The summed E-state index contributed by atoms with van der Waals surface area (Å²) >= 11 is 0. The van der Waals surface area contributed by atoms with Crippen LogP contribution in [0.1, 0.15) is 13.8 Å². The Morgan fingerprint density at radius 3 is 1.34 bits per heavy atom. The minimum Gasteiger partial charge on any atom is -0.309 e. The summed E-state index contributed by atoms with van der Waals surface area (Å²) in [6.45, 7) is 4.00. The summed E-state index contributed by atoms with van der Waals surface area (Å²) in [5.74, 6) is 0. The molecule has 0 fully saturated rings. The minimum absolute atomic E-state index is 0.937. The molecule has 0 bridgehead atoms. The SMILES string of the molecule is CC.c1ccc(-c2cc(-n3c4ccccc4c4cc(-c5ccc6c(c5)c5ccccc5n6-c5cncc(-c6ccc7c(c6)c6ncccc6n7-c6ccccc6)c5)ccc43)cc(-c3ccccc3)n2)cc1. The van der Waals surface area contributed by atoms with Crippen molar-refractivity contribution in [2.45, 2.75) is 13.8 Å². The van der Waals surface area contributed by atoms with Gasteiger partial charge in [0.1, 0.15) is 0 Å². The lowest BCUT2D eigenvalue weighted by molar-refractivity contribution is 1.14. The summed E-state index contributed by atoms with van der Waals surface area (Å²) in [6.07, 6.45) is 5.82. The molecular formula is C65H46N6. The summed E-state index contributed by atoms with van der Waals surface area (Å²) in [5.41, 5.74) is 19.4. The van der Waals surface area contributed by atoms with Gasteiger partial charge in [0.15, 0.2) is 0 Å². The Morgan fingerprint density at radius 2 is 0.746 bits per heavy atom. The highest BCUT2D eigenvalue weighted by atomic mass is 15.0. The van der Waals surface area contributed by atoms with Gasteiger partial charge in [0.05, 0.1) is 67.6 Å². The number of benzene rings is 8. The largest absolute Gasteiger partial charge is 0.309 e. The third-order valence-electron chi connectivity index (χ3n) is 13.7. The Hall–Kier alpha value is -9.39. The molecule has 0 unspecified atom stereocenters. The molecule has 6 heterocycles. The molecule has 6 aromatic heterocycles. The van der Waals surface area contributed by atoms with Gasteiger partial charge in [-0.25, -0.2) is 4.98 Å². The van der Waals surface area contributed by atoms with Gasteiger partial charge in [-0.1, -0.05) is 147 Å². The lowest BCUT2D eigenvalue weighted by Crippen LogP contribution is -1.98. The lowest BCUT2D eigenvalue weighted by Gasteiger charge is -2.13. The van der Waals surface area contributed by atoms with E-state index in [4.69, 9.17) is 15.0 Å². The summed E-state index contributed by atoms with van der Waals surface area (Å²) in [4.78, 5) is 14.9. The van der Waals surface area contributed by atoms with E-state index < -0.39 is 0 Å². The topological polar surface area (TPSA) is 53.5 Å². The Labute approximate surface area is 411 Å². The first kappa shape index (κ1) is 41.8. The molecule has 0 N–H and O–H groups in total. The number of hydrogen-bond acceptors (Lipinski definition) is 3. The van der Waals surface area contributed by atoms with Crippen molar-refractivity contribution in [3.05, 3.63) is 243 Å². The van der Waals surface area contributed by atoms with Gasteiger partial charge in [-0.15, -0.1) is 0 Å². The fourth-order valence-corrected chi connectivity index (χ4v) is 10.6. The summed E-state index contributed by atoms with van der Waals surface area (Å²) in [6, 6.07) is 80.2. The van der Waals surface area contributed by atoms with E-state index >= 15 is 0 Å². The van der Waals surface area contributed by atoms with E-state index in [2.05, 4.69) is 232 Å². The van der Waals surface area contributed by atoms with Crippen LogP contribution in [0.25, 0.3) is 127 Å². The Balaban J connectivity index is 0.00000243. The molecule has 6 nitrogen and oxygen atoms in total. The van der Waals surface area contributed by atoms with Crippen LogP contribution in [0, 0.1) is 0 Å². The maximum atomic E-state index is 5.19. The smallest absolute Gasteiger partial charge is 0.0963 e. The van der Waals surface area contributed by atoms with Crippen LogP contribution in [-0.2, 0) is 0 Å². The van der Waals surface area contributed by atoms with Gasteiger partial charge < -0.3 is 13.7 Å². The number of hydrogen-bond donors (Lipinski definition) is 0. The van der Waals surface area contributed by atoms with Crippen LogP contribution in [0.5, 0.6) is 0 Å². The molecular weight excluding hydrogens is 865 g/mol. The Morgan fingerprint density at radius 1 is 0.296 bits per heavy atom. The molecule has 6 heteroatoms. The molecule has 0 saturated carbocycles. The molecule has 0 aliphatic heterocycles. The molecule has 0 saturated heterocycles. The minimum atomic E-state index is 0.937. The zero-order chi connectivity index (χ0) is 47.4. The summed E-state index contributed by atoms with van der Waals surface area (Å²) < 4.78 is 7.04. The summed E-state index contributed by atoms with van der Waals surface area (Å²) in [7, 11) is 0. The van der Waals surface area contributed by atoms with Crippen molar-refractivity contribution >= 4 is 65.5 Å². The van der Waals surface area contributed by atoms with Gasteiger partial charge in [-0.05, 0) is 108 Å². The number of pyridine rings is 3. The Kier molecular flexibility index (Phi) is 10.2. The van der Waals surface area contributed by atoms with Crippen molar-refractivity contribution in [3.63, 3.8) is 0 Å². The van der Waals surface area contributed by atoms with Crippen molar-refractivity contribution in [2.24, 2.45) is 0 Å². The van der Waals surface area contributed by atoms with E-state index in [9.17, 15) is 0 Å². The monoisotopic (exact) mass is 910 g/mol. The zero-order valence-electron chi connectivity index (χ0n) is 39.3. The van der Waals surface area contributed by atoms with Gasteiger partial charge in [-0.2, -0.15) is 0 Å². The van der Waals surface area contributed by atoms with Crippen molar-refractivity contribution in [2.75, 3.05) is 0 Å². The second-order valence-corrected chi connectivity index (χ2v) is 17.7. The van der Waals surface area contributed by atoms with Crippen molar-refractivity contribution in [1.29, 1.82) is 0 Å². The number of nitrogens with zero attached hydrogens (tertiary/aromatic N) is 6. The van der Waals surface area contributed by atoms with E-state index in [1.807, 2.05) is 38.5 Å². The van der Waals surface area contributed by atoms with Crippen LogP contribution in [0.4, 0.5) is 0 Å². The third-order valence-corrected chi connectivity index (χ3v) is 13.7. The Bertz CT molecular complexity index is 4240. The standard InChI is InChI=1S/C63H40N6.C2H6/c1-4-15-41(16-5-1)55-37-48(38-56(66-55)42-17-6-2-7-18-42)68-57-23-12-10-21-50(57)52-34-43(26-29-59(52)68)44-27-30-60-53(35-44)51-22-11-13-24-58(51)69(60)49-33-46(39-64-40-49)45-28-31-61-54(36-45)63-62(25-14-32-65-63)67(61)47-19-8-3-9-20-47;1-2/h1-40H;1-2H3. The van der Waals surface area contributed by atoms with E-state index in [0.717, 1.165) is 106 Å². The van der Waals surface area contributed by atoms with E-state index in [-0.39, 0.29) is 0 Å². The van der Waals surface area contributed by atoms with E-state index in [0.29, 0.717) is 0 Å². The lowest BCUT2D eigenvalue weighted by atomic mass is 10.0. The number of rotatable bonds is 7. The average Bonchev–Trinajstić information content (AvgIpc) is 4.09. The van der Waals surface area contributed by atoms with E-state index in [1.165, 1.54) is 21.5 Å². The maximum absolute atomic E-state index is 5.19. The van der Waals surface area contributed by atoms with Crippen LogP contribution in [0.2, 0.25) is 0 Å². The first-order chi connectivity index (χ1) is 35.2. The van der Waals surface area contributed by atoms with Crippen LogP contribution in [-0.4, -0.2) is 28.7 Å². The highest BCUT2D eigenvalue weighted by Crippen LogP contribution is 2.40.